The fourth-order valence-electron chi connectivity index (χ4n) is 3.39. The molecule has 0 aliphatic carbocycles. The second kappa shape index (κ2) is 8.79. The number of benzene rings is 3. The van der Waals surface area contributed by atoms with Crippen molar-refractivity contribution < 1.29 is 9.59 Å². The van der Waals surface area contributed by atoms with Crippen molar-refractivity contribution in [2.45, 2.75) is 18.7 Å². The van der Waals surface area contributed by atoms with E-state index >= 15 is 0 Å². The van der Waals surface area contributed by atoms with Gasteiger partial charge in [0.1, 0.15) is 10.6 Å². The number of anilines is 2. The lowest BCUT2D eigenvalue weighted by Crippen LogP contribution is -2.32. The topological polar surface area (TPSA) is 49.4 Å². The minimum absolute atomic E-state index is 0.217. The summed E-state index contributed by atoms with van der Waals surface area (Å²) in [6.45, 7) is 3.96. The number of rotatable bonds is 5. The summed E-state index contributed by atoms with van der Waals surface area (Å²) < 4.78 is 0. The smallest absolute Gasteiger partial charge is 0.283 e. The highest BCUT2D eigenvalue weighted by Gasteiger charge is 2.41. The summed E-state index contributed by atoms with van der Waals surface area (Å²) in [6, 6.07) is 20.0. The van der Waals surface area contributed by atoms with Crippen LogP contribution in [-0.2, 0) is 9.59 Å². The molecule has 1 heterocycles. The second-order valence-corrected chi connectivity index (χ2v) is 9.09. The molecule has 3 aromatic rings. The van der Waals surface area contributed by atoms with Crippen LogP contribution < -0.4 is 10.2 Å². The number of nitrogens with one attached hydrogen (secondary N) is 1. The predicted octanol–water partition coefficient (Wildman–Crippen LogP) is 6.60. The molecular formula is C24H18Cl2N2O2S. The predicted molar refractivity (Wildman–Crippen MR) is 128 cm³/mol. The first-order valence-electron chi connectivity index (χ1n) is 9.50. The van der Waals surface area contributed by atoms with Crippen LogP contribution in [0.2, 0.25) is 10.0 Å². The van der Waals surface area contributed by atoms with Crippen molar-refractivity contribution in [3.63, 3.8) is 0 Å². The van der Waals surface area contributed by atoms with Crippen molar-refractivity contribution in [3.8, 4) is 0 Å². The SMILES string of the molecule is Cc1cc(C)cc(NC2=C(Sc3ccccc3)C(=O)N(c3ccc(Cl)cc3Cl)C2=O)c1. The Balaban J connectivity index is 1.78. The molecule has 0 spiro atoms. The van der Waals surface area contributed by atoms with Crippen LogP contribution in [0.15, 0.2) is 82.2 Å². The van der Waals surface area contributed by atoms with Crippen LogP contribution in [0.4, 0.5) is 11.4 Å². The van der Waals surface area contributed by atoms with Crippen LogP contribution in [0.3, 0.4) is 0 Å². The quantitative estimate of drug-likeness (QED) is 0.428. The van der Waals surface area contributed by atoms with Gasteiger partial charge in [0.05, 0.1) is 10.7 Å². The summed E-state index contributed by atoms with van der Waals surface area (Å²) in [5, 5.41) is 3.83. The number of thioether (sulfide) groups is 1. The molecule has 7 heteroatoms. The molecule has 0 bridgehead atoms. The zero-order valence-electron chi connectivity index (χ0n) is 16.8. The number of carbonyl (C=O) groups is 2. The highest BCUT2D eigenvalue weighted by molar-refractivity contribution is 8.04. The third-order valence-electron chi connectivity index (χ3n) is 4.65. The maximum absolute atomic E-state index is 13.4. The number of imide groups is 1. The van der Waals surface area contributed by atoms with Gasteiger partial charge in [0.25, 0.3) is 11.8 Å². The standard InChI is InChI=1S/C24H18Cl2N2O2S/c1-14-10-15(2)12-17(11-14)27-21-22(31-18-6-4-3-5-7-18)24(30)28(23(21)29)20-9-8-16(25)13-19(20)26/h3-13,27H,1-2H3. The van der Waals surface area contributed by atoms with Gasteiger partial charge in [0, 0.05) is 15.6 Å². The third-order valence-corrected chi connectivity index (χ3v) is 6.27. The van der Waals surface area contributed by atoms with Gasteiger partial charge >= 0.3 is 0 Å². The van der Waals surface area contributed by atoms with E-state index in [1.54, 1.807) is 12.1 Å². The van der Waals surface area contributed by atoms with Crippen molar-refractivity contribution in [2.75, 3.05) is 10.2 Å². The van der Waals surface area contributed by atoms with Crippen LogP contribution in [0.25, 0.3) is 0 Å². The first-order chi connectivity index (χ1) is 14.8. The number of aryl methyl sites for hydroxylation is 2. The molecule has 4 nitrogen and oxygen atoms in total. The lowest BCUT2D eigenvalue weighted by atomic mass is 10.1. The summed E-state index contributed by atoms with van der Waals surface area (Å²) in [4.78, 5) is 29.0. The monoisotopic (exact) mass is 468 g/mol. The first-order valence-corrected chi connectivity index (χ1v) is 11.1. The van der Waals surface area contributed by atoms with Crippen molar-refractivity contribution in [1.82, 2.24) is 0 Å². The summed E-state index contributed by atoms with van der Waals surface area (Å²) in [5.41, 5.74) is 3.35. The number of amides is 2. The molecule has 1 aliphatic rings. The fourth-order valence-corrected chi connectivity index (χ4v) is 4.83. The third kappa shape index (κ3) is 4.49. The van der Waals surface area contributed by atoms with Crippen molar-refractivity contribution >= 4 is 58.2 Å². The van der Waals surface area contributed by atoms with Crippen LogP contribution in [-0.4, -0.2) is 11.8 Å². The Kier molecular flexibility index (Phi) is 6.10. The van der Waals surface area contributed by atoms with Gasteiger partial charge in [-0.1, -0.05) is 59.2 Å². The Morgan fingerprint density at radius 2 is 1.52 bits per heavy atom. The summed E-state index contributed by atoms with van der Waals surface area (Å²) in [6.07, 6.45) is 0. The molecule has 0 atom stereocenters. The van der Waals surface area contributed by atoms with Gasteiger partial charge in [0.15, 0.2) is 0 Å². The Bertz CT molecular complexity index is 1210. The normalized spacial score (nSPS) is 13.9. The van der Waals surface area contributed by atoms with Gasteiger partial charge in [-0.2, -0.15) is 0 Å². The van der Waals surface area contributed by atoms with Crippen LogP contribution in [0.5, 0.6) is 0 Å². The summed E-state index contributed by atoms with van der Waals surface area (Å²) >= 11 is 13.6. The Morgan fingerprint density at radius 3 is 2.16 bits per heavy atom. The van der Waals surface area contributed by atoms with Crippen LogP contribution >= 0.6 is 35.0 Å². The molecule has 0 saturated heterocycles. The van der Waals surface area contributed by atoms with E-state index in [4.69, 9.17) is 23.2 Å². The molecule has 31 heavy (non-hydrogen) atoms. The molecule has 2 amide bonds. The van der Waals surface area contributed by atoms with E-state index in [1.807, 2.05) is 62.4 Å². The average molecular weight is 469 g/mol. The van der Waals surface area contributed by atoms with E-state index in [9.17, 15) is 9.59 Å². The van der Waals surface area contributed by atoms with Crippen LogP contribution in [0.1, 0.15) is 11.1 Å². The molecule has 0 saturated carbocycles. The van der Waals surface area contributed by atoms with E-state index < -0.39 is 11.8 Å². The molecular weight excluding hydrogens is 451 g/mol. The van der Waals surface area contributed by atoms with E-state index in [2.05, 4.69) is 5.32 Å². The number of hydrogen-bond donors (Lipinski definition) is 1. The lowest BCUT2D eigenvalue weighted by Gasteiger charge is -2.17. The minimum atomic E-state index is -0.466. The summed E-state index contributed by atoms with van der Waals surface area (Å²) in [7, 11) is 0. The highest BCUT2D eigenvalue weighted by atomic mass is 35.5. The number of hydrogen-bond acceptors (Lipinski definition) is 4. The Hall–Kier alpha value is -2.73. The van der Waals surface area contributed by atoms with Gasteiger partial charge in [0.2, 0.25) is 0 Å². The number of carbonyl (C=O) groups excluding carboxylic acids is 2. The van der Waals surface area contributed by atoms with E-state index in [-0.39, 0.29) is 10.7 Å². The fraction of sp³-hybridized carbons (Fsp3) is 0.0833. The largest absolute Gasteiger partial charge is 0.350 e. The Morgan fingerprint density at radius 1 is 0.839 bits per heavy atom. The van der Waals surface area contributed by atoms with Crippen molar-refractivity contribution in [2.24, 2.45) is 0 Å². The van der Waals surface area contributed by atoms with Gasteiger partial charge in [-0.3, -0.25) is 9.59 Å². The second-order valence-electron chi connectivity index (χ2n) is 7.16. The van der Waals surface area contributed by atoms with E-state index in [0.29, 0.717) is 15.6 Å². The summed E-state index contributed by atoms with van der Waals surface area (Å²) in [5.74, 6) is -0.901. The van der Waals surface area contributed by atoms with Gasteiger partial charge in [-0.15, -0.1) is 0 Å². The number of nitrogens with zero attached hydrogens (tertiary/aromatic N) is 1. The first kappa shape index (κ1) is 21.5. The number of halogens is 2. The zero-order chi connectivity index (χ0) is 22.1. The van der Waals surface area contributed by atoms with Crippen LogP contribution in [0, 0.1) is 13.8 Å². The minimum Gasteiger partial charge on any atom is -0.350 e. The molecule has 1 aliphatic heterocycles. The highest BCUT2D eigenvalue weighted by Crippen LogP contribution is 2.40. The zero-order valence-corrected chi connectivity index (χ0v) is 19.1. The van der Waals surface area contributed by atoms with E-state index in [0.717, 1.165) is 26.6 Å². The Labute approximate surface area is 194 Å². The van der Waals surface area contributed by atoms with Gasteiger partial charge < -0.3 is 5.32 Å². The van der Waals surface area contributed by atoms with Gasteiger partial charge in [-0.05, 0) is 67.4 Å². The molecule has 156 valence electrons. The molecule has 0 unspecified atom stereocenters. The maximum atomic E-state index is 13.4. The average Bonchev–Trinajstić information content (AvgIpc) is 2.93. The van der Waals surface area contributed by atoms with E-state index in [1.165, 1.54) is 17.8 Å². The molecule has 3 aromatic carbocycles. The molecule has 4 rings (SSSR count). The molecule has 1 N–H and O–H groups in total. The maximum Gasteiger partial charge on any atom is 0.283 e. The lowest BCUT2D eigenvalue weighted by molar-refractivity contribution is -0.120. The molecule has 0 radical (unpaired) electrons. The van der Waals surface area contributed by atoms with Crippen molar-refractivity contribution in [1.29, 1.82) is 0 Å². The van der Waals surface area contributed by atoms with Crippen molar-refractivity contribution in [3.05, 3.63) is 98.5 Å². The molecule has 0 aromatic heterocycles. The van der Waals surface area contributed by atoms with Gasteiger partial charge in [-0.25, -0.2) is 4.90 Å². The molecule has 0 fully saturated rings.